The summed E-state index contributed by atoms with van der Waals surface area (Å²) in [5.41, 5.74) is 7.78. The summed E-state index contributed by atoms with van der Waals surface area (Å²) in [6.07, 6.45) is 3.79. The van der Waals surface area contributed by atoms with E-state index in [1.54, 1.807) is 36.4 Å². The number of hydrogen-bond acceptors (Lipinski definition) is 4. The smallest absolute Gasteiger partial charge is 0.338 e. The molecule has 0 unspecified atom stereocenters. The largest absolute Gasteiger partial charge is 0.462 e. The Hall–Kier alpha value is -2.88. The molecule has 0 saturated carbocycles. The van der Waals surface area contributed by atoms with Crippen LogP contribution in [0.1, 0.15) is 39.6 Å². The van der Waals surface area contributed by atoms with Crippen LogP contribution in [-0.2, 0) is 4.74 Å². The summed E-state index contributed by atoms with van der Waals surface area (Å²) in [7, 11) is 0. The number of para-hydroxylation sites is 1. The van der Waals surface area contributed by atoms with Crippen LogP contribution < -0.4 is 5.73 Å². The monoisotopic (exact) mass is 309 g/mol. The normalized spacial score (nSPS) is 10.7. The van der Waals surface area contributed by atoms with E-state index in [9.17, 15) is 9.59 Å². The van der Waals surface area contributed by atoms with Crippen molar-refractivity contribution in [2.24, 2.45) is 0 Å². The van der Waals surface area contributed by atoms with Gasteiger partial charge in [-0.2, -0.15) is 0 Å². The molecule has 118 valence electrons. The number of nitrogens with two attached hydrogens (primary N) is 1. The zero-order valence-corrected chi connectivity index (χ0v) is 13.0. The van der Waals surface area contributed by atoms with Gasteiger partial charge in [0.2, 0.25) is 0 Å². The van der Waals surface area contributed by atoms with Gasteiger partial charge in [-0.3, -0.25) is 4.79 Å². The Morgan fingerprint density at radius 2 is 1.70 bits per heavy atom. The van der Waals surface area contributed by atoms with Gasteiger partial charge in [0.25, 0.3) is 0 Å². The van der Waals surface area contributed by atoms with Crippen molar-refractivity contribution in [3.05, 3.63) is 71.3 Å². The fourth-order valence-corrected chi connectivity index (χ4v) is 2.07. The molecule has 0 bridgehead atoms. The van der Waals surface area contributed by atoms with Gasteiger partial charge in [0, 0.05) is 11.3 Å². The molecular formula is C19H19NO3. The maximum absolute atomic E-state index is 12.4. The number of carbonyl (C=O) groups is 2. The predicted molar refractivity (Wildman–Crippen MR) is 91.2 cm³/mol. The molecule has 0 aliphatic carbocycles. The number of esters is 1. The lowest BCUT2D eigenvalue weighted by Crippen LogP contribution is -2.11. The number of carbonyl (C=O) groups excluding carboxylic acids is 2. The van der Waals surface area contributed by atoms with Gasteiger partial charge in [-0.1, -0.05) is 43.3 Å². The minimum Gasteiger partial charge on any atom is -0.462 e. The summed E-state index contributed by atoms with van der Waals surface area (Å²) in [6, 6.07) is 13.9. The first-order valence-electron chi connectivity index (χ1n) is 7.46. The quantitative estimate of drug-likeness (QED) is 0.382. The van der Waals surface area contributed by atoms with Crippen LogP contribution >= 0.6 is 0 Å². The first kappa shape index (κ1) is 16.5. The molecule has 4 heteroatoms. The van der Waals surface area contributed by atoms with E-state index in [0.29, 0.717) is 17.9 Å². The fourth-order valence-electron chi connectivity index (χ4n) is 2.07. The first-order valence-corrected chi connectivity index (χ1v) is 7.46. The van der Waals surface area contributed by atoms with Crippen molar-refractivity contribution in [1.82, 2.24) is 0 Å². The predicted octanol–water partition coefficient (Wildman–Crippen LogP) is 3.73. The molecule has 4 nitrogen and oxygen atoms in total. The standard InChI is InChI=1S/C19H19NO3/c1-2-13-23-19(22)16-9-5-4-8-15(16)18(21)12-11-14-7-3-6-10-17(14)20/h3-12H,2,13,20H2,1H3. The lowest BCUT2D eigenvalue weighted by Gasteiger charge is -2.07. The topological polar surface area (TPSA) is 69.4 Å². The van der Waals surface area contributed by atoms with Gasteiger partial charge in [0.15, 0.2) is 5.78 Å². The molecular weight excluding hydrogens is 290 g/mol. The molecule has 2 aromatic rings. The maximum Gasteiger partial charge on any atom is 0.338 e. The van der Waals surface area contributed by atoms with Gasteiger partial charge in [0.1, 0.15) is 0 Å². The molecule has 0 aromatic heterocycles. The number of allylic oxidation sites excluding steroid dienone is 1. The van der Waals surface area contributed by atoms with Crippen LogP contribution in [0.15, 0.2) is 54.6 Å². The minimum absolute atomic E-state index is 0.266. The van der Waals surface area contributed by atoms with Crippen LogP contribution in [0.25, 0.3) is 6.08 Å². The number of ketones is 1. The molecule has 2 N–H and O–H groups in total. The number of nitrogen functional groups attached to an aromatic ring is 1. The molecule has 0 radical (unpaired) electrons. The molecule has 2 aromatic carbocycles. The second kappa shape index (κ2) is 7.94. The fraction of sp³-hybridized carbons (Fsp3) is 0.158. The average Bonchev–Trinajstić information content (AvgIpc) is 2.58. The van der Waals surface area contributed by atoms with Crippen LogP contribution in [0.5, 0.6) is 0 Å². The minimum atomic E-state index is -0.483. The molecule has 0 fully saturated rings. The van der Waals surface area contributed by atoms with Crippen molar-refractivity contribution in [2.45, 2.75) is 13.3 Å². The van der Waals surface area contributed by atoms with Crippen molar-refractivity contribution >= 4 is 23.5 Å². The van der Waals surface area contributed by atoms with Crippen LogP contribution in [0.2, 0.25) is 0 Å². The Labute approximate surface area is 135 Å². The zero-order valence-electron chi connectivity index (χ0n) is 13.0. The number of benzene rings is 2. The molecule has 0 heterocycles. The highest BCUT2D eigenvalue weighted by Gasteiger charge is 2.15. The SMILES string of the molecule is CCCOC(=O)c1ccccc1C(=O)C=Cc1ccccc1N. The third kappa shape index (κ3) is 4.30. The van der Waals surface area contributed by atoms with E-state index in [1.807, 2.05) is 25.1 Å². The Kier molecular flexibility index (Phi) is 5.69. The molecule has 0 aliphatic rings. The first-order chi connectivity index (χ1) is 11.1. The lowest BCUT2D eigenvalue weighted by atomic mass is 10.0. The molecule has 0 amide bonds. The third-order valence-electron chi connectivity index (χ3n) is 3.26. The summed E-state index contributed by atoms with van der Waals surface area (Å²) < 4.78 is 5.11. The van der Waals surface area contributed by atoms with Gasteiger partial charge in [-0.15, -0.1) is 0 Å². The number of rotatable bonds is 6. The molecule has 0 saturated heterocycles. The van der Waals surface area contributed by atoms with E-state index in [4.69, 9.17) is 10.5 Å². The van der Waals surface area contributed by atoms with Crippen molar-refractivity contribution in [2.75, 3.05) is 12.3 Å². The molecule has 0 atom stereocenters. The summed E-state index contributed by atoms with van der Waals surface area (Å²) in [4.78, 5) is 24.4. The average molecular weight is 309 g/mol. The van der Waals surface area contributed by atoms with Gasteiger partial charge in [-0.25, -0.2) is 4.79 Å². The highest BCUT2D eigenvalue weighted by Crippen LogP contribution is 2.15. The van der Waals surface area contributed by atoms with E-state index >= 15 is 0 Å². The Morgan fingerprint density at radius 3 is 2.39 bits per heavy atom. The Bertz CT molecular complexity index is 735. The molecule has 0 aliphatic heterocycles. The second-order valence-electron chi connectivity index (χ2n) is 5.01. The number of anilines is 1. The van der Waals surface area contributed by atoms with Gasteiger partial charge < -0.3 is 10.5 Å². The van der Waals surface area contributed by atoms with Crippen molar-refractivity contribution in [1.29, 1.82) is 0 Å². The van der Waals surface area contributed by atoms with E-state index in [2.05, 4.69) is 0 Å². The van der Waals surface area contributed by atoms with E-state index < -0.39 is 5.97 Å². The van der Waals surface area contributed by atoms with Crippen molar-refractivity contribution < 1.29 is 14.3 Å². The lowest BCUT2D eigenvalue weighted by molar-refractivity contribution is 0.0502. The number of hydrogen-bond donors (Lipinski definition) is 1. The van der Waals surface area contributed by atoms with Crippen molar-refractivity contribution in [3.8, 4) is 0 Å². The molecule has 0 spiro atoms. The van der Waals surface area contributed by atoms with Gasteiger partial charge in [0.05, 0.1) is 12.2 Å². The van der Waals surface area contributed by atoms with E-state index in [-0.39, 0.29) is 11.3 Å². The number of ether oxygens (including phenoxy) is 1. The van der Waals surface area contributed by atoms with E-state index in [1.165, 1.54) is 6.08 Å². The maximum atomic E-state index is 12.4. The summed E-state index contributed by atoms with van der Waals surface area (Å²) in [5.74, 6) is -0.749. The highest BCUT2D eigenvalue weighted by molar-refractivity contribution is 6.13. The van der Waals surface area contributed by atoms with E-state index in [0.717, 1.165) is 12.0 Å². The molecule has 23 heavy (non-hydrogen) atoms. The van der Waals surface area contributed by atoms with Gasteiger partial charge >= 0.3 is 5.97 Å². The van der Waals surface area contributed by atoms with Crippen LogP contribution in [0, 0.1) is 0 Å². The highest BCUT2D eigenvalue weighted by atomic mass is 16.5. The summed E-state index contributed by atoms with van der Waals surface area (Å²) in [5, 5.41) is 0. The molecule has 2 rings (SSSR count). The Morgan fingerprint density at radius 1 is 1.04 bits per heavy atom. The summed E-state index contributed by atoms with van der Waals surface area (Å²) in [6.45, 7) is 2.25. The van der Waals surface area contributed by atoms with Crippen LogP contribution in [0.3, 0.4) is 0 Å². The second-order valence-corrected chi connectivity index (χ2v) is 5.01. The third-order valence-corrected chi connectivity index (χ3v) is 3.26. The van der Waals surface area contributed by atoms with Crippen LogP contribution in [-0.4, -0.2) is 18.4 Å². The summed E-state index contributed by atoms with van der Waals surface area (Å²) >= 11 is 0. The van der Waals surface area contributed by atoms with Crippen molar-refractivity contribution in [3.63, 3.8) is 0 Å². The zero-order chi connectivity index (χ0) is 16.7. The van der Waals surface area contributed by atoms with Gasteiger partial charge in [-0.05, 0) is 36.3 Å². The van der Waals surface area contributed by atoms with Crippen LogP contribution in [0.4, 0.5) is 5.69 Å². The Balaban J connectivity index is 2.23.